The first-order valence-corrected chi connectivity index (χ1v) is 4.02. The molecule has 0 amide bonds. The first-order chi connectivity index (χ1) is 5.91. The summed E-state index contributed by atoms with van der Waals surface area (Å²) in [5, 5.41) is 8.17. The lowest BCUT2D eigenvalue weighted by molar-refractivity contribution is 0.154. The Bertz CT molecular complexity index is 187. The maximum absolute atomic E-state index is 8.17. The van der Waals surface area contributed by atoms with E-state index in [-0.39, 0.29) is 0 Å². The number of hydrogen-bond donors (Lipinski definition) is 1. The molecule has 0 aromatic carbocycles. The first kappa shape index (κ1) is 10.7. The molecule has 0 aromatic heterocycles. The average Bonchev–Trinajstić information content (AvgIpc) is 2.10. The minimum absolute atomic E-state index is 0.469. The molecule has 0 aromatic rings. The third-order valence-electron chi connectivity index (χ3n) is 1.07. The van der Waals surface area contributed by atoms with E-state index in [9.17, 15) is 0 Å². The van der Waals surface area contributed by atoms with E-state index >= 15 is 0 Å². The predicted octanol–water partition coefficient (Wildman–Crippen LogP) is 1.16. The molecule has 0 saturated heterocycles. The van der Waals surface area contributed by atoms with Crippen LogP contribution in [0, 0.1) is 17.4 Å². The molecule has 4 nitrogen and oxygen atoms in total. The van der Waals surface area contributed by atoms with Gasteiger partial charge >= 0.3 is 6.07 Å². The Morgan fingerprint density at radius 1 is 1.50 bits per heavy atom. The number of nitrogens with zero attached hydrogens (tertiary/aromatic N) is 2. The summed E-state index contributed by atoms with van der Waals surface area (Å²) in [7, 11) is 0. The maximum atomic E-state index is 8.17. The van der Waals surface area contributed by atoms with Gasteiger partial charge < -0.3 is 4.74 Å². The summed E-state index contributed by atoms with van der Waals surface area (Å²) in [4.78, 5) is 3.75. The molecule has 0 heterocycles. The van der Waals surface area contributed by atoms with Crippen LogP contribution in [-0.2, 0) is 4.74 Å². The minimum Gasteiger partial charge on any atom is -0.380 e. The van der Waals surface area contributed by atoms with Crippen LogP contribution in [0.3, 0.4) is 0 Å². The van der Waals surface area contributed by atoms with Gasteiger partial charge in [-0.2, -0.15) is 5.26 Å². The van der Waals surface area contributed by atoms with Gasteiger partial charge in [0, 0.05) is 6.61 Å². The van der Waals surface area contributed by atoms with Gasteiger partial charge in [-0.3, -0.25) is 0 Å². The highest BCUT2D eigenvalue weighted by Crippen LogP contribution is 1.79. The zero-order valence-corrected chi connectivity index (χ0v) is 7.34. The summed E-state index contributed by atoms with van der Waals surface area (Å²) in [5.41, 5.74) is 2.70. The normalized spacial score (nSPS) is 8.00. The molecule has 0 fully saturated rings. The Morgan fingerprint density at radius 3 is 3.00 bits per heavy atom. The quantitative estimate of drug-likeness (QED) is 0.495. The van der Waals surface area contributed by atoms with Gasteiger partial charge in [-0.15, -0.1) is 0 Å². The highest BCUT2D eigenvalue weighted by Gasteiger charge is 1.89. The summed E-state index contributed by atoms with van der Waals surface area (Å²) in [6.45, 7) is 3.91. The number of nitrogens with one attached hydrogen (secondary N) is 1. The van der Waals surface area contributed by atoms with Crippen LogP contribution in [0.2, 0.25) is 0 Å². The fraction of sp³-hybridized carbons (Fsp3) is 0.750. The van der Waals surface area contributed by atoms with Crippen molar-refractivity contribution in [3.63, 3.8) is 0 Å². The maximum Gasteiger partial charge on any atom is 0.321 e. The van der Waals surface area contributed by atoms with Crippen LogP contribution in [0.15, 0.2) is 0 Å². The molecule has 0 atom stereocenters. The van der Waals surface area contributed by atoms with Crippen molar-refractivity contribution in [1.29, 1.82) is 5.26 Å². The molecule has 0 rings (SSSR count). The van der Waals surface area contributed by atoms with Gasteiger partial charge in [0.05, 0.1) is 30.6 Å². The van der Waals surface area contributed by atoms with Gasteiger partial charge in [0.2, 0.25) is 0 Å². The van der Waals surface area contributed by atoms with E-state index in [1.165, 1.54) is 0 Å². The lowest BCUT2D eigenvalue weighted by Gasteiger charge is -1.89. The average molecular weight is 168 g/mol. The van der Waals surface area contributed by atoms with E-state index in [1.54, 1.807) is 0 Å². The lowest BCUT2D eigenvalue weighted by atomic mass is 10.5. The second kappa shape index (κ2) is 9.74. The van der Waals surface area contributed by atoms with Gasteiger partial charge in [0.25, 0.3) is 0 Å². The molecule has 1 N–H and O–H groups in total. The SMILES string of the molecule is CCOCCC#[N+]NCCC#N. The van der Waals surface area contributed by atoms with Crippen LogP contribution < -0.4 is 5.43 Å². The van der Waals surface area contributed by atoms with Crippen LogP contribution in [0.5, 0.6) is 0 Å². The van der Waals surface area contributed by atoms with Crippen molar-refractivity contribution in [3.8, 4) is 12.1 Å². The van der Waals surface area contributed by atoms with Gasteiger partial charge in [-0.1, -0.05) is 5.43 Å². The van der Waals surface area contributed by atoms with Crippen molar-refractivity contribution in [2.24, 2.45) is 0 Å². The van der Waals surface area contributed by atoms with Crippen molar-refractivity contribution < 1.29 is 4.74 Å². The molecule has 0 aliphatic carbocycles. The fourth-order valence-electron chi connectivity index (χ4n) is 0.542. The standard InChI is InChI=1S/C8H14N3O/c1-2-12-8-4-7-11-10-6-3-5-9/h10H,2-4,6,8H2,1H3/q+1. The van der Waals surface area contributed by atoms with Gasteiger partial charge in [0.15, 0.2) is 0 Å². The third-order valence-corrected chi connectivity index (χ3v) is 1.07. The molecular weight excluding hydrogens is 154 g/mol. The molecule has 66 valence electrons. The second-order valence-corrected chi connectivity index (χ2v) is 2.03. The monoisotopic (exact) mass is 168 g/mol. The molecule has 0 spiro atoms. The predicted molar refractivity (Wildman–Crippen MR) is 46.6 cm³/mol. The van der Waals surface area contributed by atoms with Crippen molar-refractivity contribution in [3.05, 3.63) is 4.95 Å². The molecule has 4 heteroatoms. The largest absolute Gasteiger partial charge is 0.380 e. The van der Waals surface area contributed by atoms with Crippen molar-refractivity contribution in [1.82, 2.24) is 5.43 Å². The van der Waals surface area contributed by atoms with Crippen LogP contribution in [0.25, 0.3) is 4.95 Å². The Morgan fingerprint density at radius 2 is 2.33 bits per heavy atom. The van der Waals surface area contributed by atoms with Gasteiger partial charge in [-0.25, -0.2) is 0 Å². The summed E-state index contributed by atoms with van der Waals surface area (Å²) >= 11 is 0. The van der Waals surface area contributed by atoms with Crippen LogP contribution in [0.1, 0.15) is 19.8 Å². The lowest BCUT2D eigenvalue weighted by Crippen LogP contribution is -2.03. The summed E-state index contributed by atoms with van der Waals surface area (Å²) < 4.78 is 5.06. The van der Waals surface area contributed by atoms with E-state index in [0.717, 1.165) is 6.61 Å². The Labute approximate surface area is 72.9 Å². The van der Waals surface area contributed by atoms with Gasteiger partial charge in [-0.05, 0) is 6.92 Å². The van der Waals surface area contributed by atoms with E-state index in [0.29, 0.717) is 26.0 Å². The number of rotatable bonds is 5. The van der Waals surface area contributed by atoms with E-state index in [1.807, 2.05) is 13.0 Å². The van der Waals surface area contributed by atoms with Crippen LogP contribution in [-0.4, -0.2) is 19.8 Å². The zero-order valence-electron chi connectivity index (χ0n) is 7.34. The highest BCUT2D eigenvalue weighted by molar-refractivity contribution is 4.83. The Kier molecular flexibility index (Phi) is 8.72. The van der Waals surface area contributed by atoms with Crippen molar-refractivity contribution in [2.45, 2.75) is 19.8 Å². The van der Waals surface area contributed by atoms with E-state index < -0.39 is 0 Å². The Hall–Kier alpha value is -1.26. The molecule has 0 bridgehead atoms. The van der Waals surface area contributed by atoms with E-state index in [4.69, 9.17) is 10.00 Å². The molecule has 0 unspecified atom stereocenters. The summed E-state index contributed by atoms with van der Waals surface area (Å²) in [6, 6.07) is 4.76. The molecule has 0 aliphatic heterocycles. The molecule has 0 saturated carbocycles. The highest BCUT2D eigenvalue weighted by atomic mass is 16.5. The number of nitriles is 1. The van der Waals surface area contributed by atoms with E-state index in [2.05, 4.69) is 16.4 Å². The third kappa shape index (κ3) is 8.74. The molecule has 0 radical (unpaired) electrons. The zero-order chi connectivity index (χ0) is 9.07. The van der Waals surface area contributed by atoms with Crippen molar-refractivity contribution in [2.75, 3.05) is 19.8 Å². The smallest absolute Gasteiger partial charge is 0.321 e. The van der Waals surface area contributed by atoms with Crippen LogP contribution >= 0.6 is 0 Å². The number of hydrogen-bond acceptors (Lipinski definition) is 3. The van der Waals surface area contributed by atoms with Crippen LogP contribution in [0.4, 0.5) is 0 Å². The topological polar surface area (TPSA) is 49.4 Å². The fourth-order valence-corrected chi connectivity index (χ4v) is 0.542. The Balaban J connectivity index is 3.07. The summed E-state index contributed by atoms with van der Waals surface area (Å²) in [6.07, 6.45) is 1.16. The first-order valence-electron chi connectivity index (χ1n) is 4.02. The summed E-state index contributed by atoms with van der Waals surface area (Å²) in [5.74, 6) is 0. The second-order valence-electron chi connectivity index (χ2n) is 2.03. The minimum atomic E-state index is 0.469. The van der Waals surface area contributed by atoms with Crippen molar-refractivity contribution >= 4 is 0 Å². The molecule has 12 heavy (non-hydrogen) atoms. The molecular formula is C8H14N3O+. The number of ether oxygens (including phenoxy) is 1. The van der Waals surface area contributed by atoms with Gasteiger partial charge in [0.1, 0.15) is 6.42 Å². The molecule has 0 aliphatic rings.